The Morgan fingerprint density at radius 1 is 1.38 bits per heavy atom. The molecule has 0 unspecified atom stereocenters. The summed E-state index contributed by atoms with van der Waals surface area (Å²) >= 11 is 0. The van der Waals surface area contributed by atoms with E-state index in [1.807, 2.05) is 0 Å². The number of rotatable bonds is 3. The molecule has 0 saturated carbocycles. The summed E-state index contributed by atoms with van der Waals surface area (Å²) in [6, 6.07) is 1.65. The third-order valence-corrected chi connectivity index (χ3v) is 1.43. The molecule has 1 aromatic rings. The average molecular weight is 206 g/mol. The van der Waals surface area contributed by atoms with Crippen molar-refractivity contribution in [1.29, 1.82) is 0 Å². The van der Waals surface area contributed by atoms with Gasteiger partial charge in [-0.15, -0.1) is 12.4 Å². The van der Waals surface area contributed by atoms with E-state index >= 15 is 0 Å². The van der Waals surface area contributed by atoms with Crippen LogP contribution in [-0.4, -0.2) is 19.2 Å². The number of ether oxygens (including phenoxy) is 2. The van der Waals surface area contributed by atoms with E-state index in [4.69, 9.17) is 15.3 Å². The molecule has 13 heavy (non-hydrogen) atoms. The van der Waals surface area contributed by atoms with Crippen molar-refractivity contribution in [3.05, 3.63) is 12.3 Å². The van der Waals surface area contributed by atoms with Crippen LogP contribution in [0.4, 0.5) is 5.69 Å². The Morgan fingerprint density at radius 3 is 2.54 bits per heavy atom. The molecule has 0 aliphatic heterocycles. The number of hydrogen-bond donors (Lipinski definition) is 2. The molecule has 0 atom stereocenters. The Balaban J connectivity index is 0.00000144. The van der Waals surface area contributed by atoms with Gasteiger partial charge in [-0.3, -0.25) is 5.84 Å². The smallest absolute Gasteiger partial charge is 0.216 e. The Morgan fingerprint density at radius 2 is 2.08 bits per heavy atom. The molecule has 1 rings (SSSR count). The van der Waals surface area contributed by atoms with Crippen LogP contribution in [0.5, 0.6) is 11.6 Å². The van der Waals surface area contributed by atoms with E-state index in [-0.39, 0.29) is 12.4 Å². The highest BCUT2D eigenvalue weighted by molar-refractivity contribution is 5.85. The fourth-order valence-corrected chi connectivity index (χ4v) is 0.808. The van der Waals surface area contributed by atoms with Crippen LogP contribution in [0.25, 0.3) is 0 Å². The average Bonchev–Trinajstić information content (AvgIpc) is 2.16. The molecule has 3 N–H and O–H groups in total. The van der Waals surface area contributed by atoms with Gasteiger partial charge >= 0.3 is 0 Å². The molecule has 0 radical (unpaired) electrons. The van der Waals surface area contributed by atoms with Crippen LogP contribution >= 0.6 is 12.4 Å². The third-order valence-electron chi connectivity index (χ3n) is 1.43. The van der Waals surface area contributed by atoms with E-state index in [1.165, 1.54) is 13.3 Å². The van der Waals surface area contributed by atoms with Crippen molar-refractivity contribution in [3.63, 3.8) is 0 Å². The highest BCUT2D eigenvalue weighted by atomic mass is 35.5. The number of hydrazine groups is 1. The van der Waals surface area contributed by atoms with Crippen molar-refractivity contribution in [2.45, 2.75) is 0 Å². The fourth-order valence-electron chi connectivity index (χ4n) is 0.808. The first-order valence-electron chi connectivity index (χ1n) is 3.36. The maximum Gasteiger partial charge on any atom is 0.216 e. The summed E-state index contributed by atoms with van der Waals surface area (Å²) in [5.41, 5.74) is 3.08. The summed E-state index contributed by atoms with van der Waals surface area (Å²) in [4.78, 5) is 3.93. The minimum atomic E-state index is 0. The number of aromatic nitrogens is 1. The van der Waals surface area contributed by atoms with Crippen molar-refractivity contribution < 1.29 is 9.47 Å². The van der Waals surface area contributed by atoms with Gasteiger partial charge in [-0.1, -0.05) is 0 Å². The van der Waals surface area contributed by atoms with E-state index in [2.05, 4.69) is 10.4 Å². The van der Waals surface area contributed by atoms with Crippen LogP contribution in [0.15, 0.2) is 12.3 Å². The predicted octanol–water partition coefficient (Wildman–Crippen LogP) is 0.806. The van der Waals surface area contributed by atoms with Crippen molar-refractivity contribution in [1.82, 2.24) is 4.98 Å². The van der Waals surface area contributed by atoms with E-state index in [0.717, 1.165) is 0 Å². The predicted molar refractivity (Wildman–Crippen MR) is 52.4 cm³/mol. The molecule has 0 fully saturated rings. The highest BCUT2D eigenvalue weighted by Gasteiger charge is 2.03. The molecule has 1 heterocycles. The minimum Gasteiger partial charge on any atom is -0.494 e. The summed E-state index contributed by atoms with van der Waals surface area (Å²) < 4.78 is 9.91. The normalized spacial score (nSPS) is 8.54. The maximum absolute atomic E-state index is 5.21. The van der Waals surface area contributed by atoms with Crippen molar-refractivity contribution in [3.8, 4) is 11.6 Å². The van der Waals surface area contributed by atoms with Gasteiger partial charge in [0.15, 0.2) is 0 Å². The quantitative estimate of drug-likeness (QED) is 0.565. The molecule has 0 aromatic carbocycles. The molecule has 0 saturated heterocycles. The molecule has 0 aliphatic rings. The molecular weight excluding hydrogens is 194 g/mol. The van der Waals surface area contributed by atoms with Gasteiger partial charge in [0.1, 0.15) is 11.4 Å². The van der Waals surface area contributed by atoms with Gasteiger partial charge in [-0.05, 0) is 0 Å². The van der Waals surface area contributed by atoms with Crippen molar-refractivity contribution in [2.24, 2.45) is 5.84 Å². The zero-order valence-corrected chi connectivity index (χ0v) is 8.22. The Labute approximate surface area is 82.6 Å². The second kappa shape index (κ2) is 5.45. The molecule has 0 amide bonds. The van der Waals surface area contributed by atoms with Gasteiger partial charge in [0, 0.05) is 6.07 Å². The Bertz CT molecular complexity index is 270. The van der Waals surface area contributed by atoms with E-state index in [1.54, 1.807) is 13.2 Å². The third kappa shape index (κ3) is 2.64. The molecule has 0 aliphatic carbocycles. The lowest BCUT2D eigenvalue weighted by atomic mass is 10.4. The number of halogens is 1. The Hall–Kier alpha value is -1.20. The van der Waals surface area contributed by atoms with E-state index in [9.17, 15) is 0 Å². The first kappa shape index (κ1) is 11.8. The lowest BCUT2D eigenvalue weighted by Crippen LogP contribution is -2.08. The molecule has 6 heteroatoms. The van der Waals surface area contributed by atoms with Gasteiger partial charge in [-0.2, -0.15) is 0 Å². The van der Waals surface area contributed by atoms with Gasteiger partial charge in [0.25, 0.3) is 0 Å². The first-order chi connectivity index (χ1) is 5.81. The topological polar surface area (TPSA) is 69.4 Å². The van der Waals surface area contributed by atoms with Crippen molar-refractivity contribution in [2.75, 3.05) is 19.6 Å². The van der Waals surface area contributed by atoms with Crippen LogP contribution < -0.4 is 20.7 Å². The van der Waals surface area contributed by atoms with Crippen LogP contribution in [0.1, 0.15) is 0 Å². The summed E-state index contributed by atoms with van der Waals surface area (Å²) in [5, 5.41) is 0. The van der Waals surface area contributed by atoms with Gasteiger partial charge < -0.3 is 14.9 Å². The second-order valence-electron chi connectivity index (χ2n) is 2.07. The summed E-state index contributed by atoms with van der Waals surface area (Å²) in [6.45, 7) is 0. The fraction of sp³-hybridized carbons (Fsp3) is 0.286. The lowest BCUT2D eigenvalue weighted by molar-refractivity contribution is 0.383. The molecule has 0 bridgehead atoms. The molecule has 74 valence electrons. The highest BCUT2D eigenvalue weighted by Crippen LogP contribution is 2.25. The van der Waals surface area contributed by atoms with Crippen molar-refractivity contribution >= 4 is 18.1 Å². The van der Waals surface area contributed by atoms with E-state index < -0.39 is 0 Å². The van der Waals surface area contributed by atoms with Gasteiger partial charge in [-0.25, -0.2) is 4.98 Å². The number of nitrogens with one attached hydrogen (secondary N) is 1. The molecule has 5 nitrogen and oxygen atoms in total. The maximum atomic E-state index is 5.21. The van der Waals surface area contributed by atoms with Gasteiger partial charge in [0.2, 0.25) is 5.88 Å². The molecule has 0 spiro atoms. The number of nitrogens with zero attached hydrogens (tertiary/aromatic N) is 1. The van der Waals surface area contributed by atoms with E-state index in [0.29, 0.717) is 17.3 Å². The number of anilines is 1. The number of nitrogens with two attached hydrogens (primary N) is 1. The van der Waals surface area contributed by atoms with Crippen LogP contribution in [0, 0.1) is 0 Å². The molecular formula is C7H12ClN3O2. The second-order valence-corrected chi connectivity index (χ2v) is 2.07. The summed E-state index contributed by atoms with van der Waals surface area (Å²) in [7, 11) is 3.09. The zero-order valence-electron chi connectivity index (χ0n) is 7.40. The zero-order chi connectivity index (χ0) is 8.97. The number of pyridine rings is 1. The first-order valence-corrected chi connectivity index (χ1v) is 3.36. The SMILES string of the molecule is COc1cc(OC)c(NN)cn1.Cl. The molecule has 1 aromatic heterocycles. The Kier molecular flexibility index (Phi) is 4.94. The minimum absolute atomic E-state index is 0. The number of methoxy groups -OCH3 is 2. The summed E-state index contributed by atoms with van der Waals surface area (Å²) in [6.07, 6.45) is 1.54. The monoisotopic (exact) mass is 205 g/mol. The summed E-state index contributed by atoms with van der Waals surface area (Å²) in [5.74, 6) is 6.30. The van der Waals surface area contributed by atoms with Gasteiger partial charge in [0.05, 0.1) is 20.4 Å². The lowest BCUT2D eigenvalue weighted by Gasteiger charge is -2.07. The van der Waals surface area contributed by atoms with Crippen LogP contribution in [-0.2, 0) is 0 Å². The van der Waals surface area contributed by atoms with Crippen LogP contribution in [0.2, 0.25) is 0 Å². The van der Waals surface area contributed by atoms with Crippen LogP contribution in [0.3, 0.4) is 0 Å². The standard InChI is InChI=1S/C7H11N3O2.ClH/c1-11-6-3-7(12-2)9-4-5(6)10-8;/h3-4,10H,8H2,1-2H3;1H. The number of nitrogen functional groups attached to an aromatic ring is 1. The number of hydrogen-bond acceptors (Lipinski definition) is 5. The largest absolute Gasteiger partial charge is 0.494 e.